The van der Waals surface area contributed by atoms with E-state index in [1.54, 1.807) is 48.5 Å². The molecule has 0 bridgehead atoms. The summed E-state index contributed by atoms with van der Waals surface area (Å²) in [5.74, 6) is 0.736. The van der Waals surface area contributed by atoms with Gasteiger partial charge in [-0.15, -0.1) is 0 Å². The lowest BCUT2D eigenvalue weighted by Gasteiger charge is -2.08. The summed E-state index contributed by atoms with van der Waals surface area (Å²) in [6.07, 6.45) is 2.87. The lowest BCUT2D eigenvalue weighted by Crippen LogP contribution is -2.32. The molecule has 1 aromatic heterocycles. The van der Waals surface area contributed by atoms with Gasteiger partial charge in [-0.3, -0.25) is 14.9 Å². The van der Waals surface area contributed by atoms with E-state index in [0.717, 1.165) is 5.56 Å². The Labute approximate surface area is 178 Å². The highest BCUT2D eigenvalue weighted by Crippen LogP contribution is 2.24. The van der Waals surface area contributed by atoms with Gasteiger partial charge in [-0.05, 0) is 73.7 Å². The molecular weight excluding hydrogens is 408 g/mol. The summed E-state index contributed by atoms with van der Waals surface area (Å²) in [5.41, 5.74) is 2.06. The molecule has 2 aromatic carbocycles. The Kier molecular flexibility index (Phi) is 6.59. The second-order valence-corrected chi connectivity index (χ2v) is 6.97. The normalized spacial score (nSPS) is 10.7. The van der Waals surface area contributed by atoms with Crippen LogP contribution in [0.4, 0.5) is 5.69 Å². The zero-order valence-electron chi connectivity index (χ0n) is 15.4. The van der Waals surface area contributed by atoms with E-state index in [0.29, 0.717) is 27.8 Å². The van der Waals surface area contributed by atoms with E-state index in [1.807, 2.05) is 18.2 Å². The van der Waals surface area contributed by atoms with E-state index in [9.17, 15) is 9.59 Å². The standard InChI is InChI=1S/C22H17ClN2O3S/c1-14(26)16-3-2-4-18(13-16)24-22(29)25-21(27)12-10-19-9-11-20(28-19)15-5-7-17(23)8-6-15/h2-13H,1H3,(H2,24,25,27,29). The molecule has 0 spiro atoms. The van der Waals surface area contributed by atoms with Crippen LogP contribution >= 0.6 is 23.8 Å². The number of carbonyl (C=O) groups is 2. The summed E-state index contributed by atoms with van der Waals surface area (Å²) in [5, 5.41) is 6.20. The van der Waals surface area contributed by atoms with Gasteiger partial charge in [-0.2, -0.15) is 0 Å². The Hall–Kier alpha value is -3.22. The number of thiocarbonyl (C=S) groups is 1. The molecule has 0 aliphatic carbocycles. The van der Waals surface area contributed by atoms with Crippen molar-refractivity contribution < 1.29 is 14.0 Å². The van der Waals surface area contributed by atoms with Gasteiger partial charge < -0.3 is 9.73 Å². The van der Waals surface area contributed by atoms with Crippen LogP contribution in [0.25, 0.3) is 17.4 Å². The highest BCUT2D eigenvalue weighted by molar-refractivity contribution is 7.80. The first kappa shape index (κ1) is 20.5. The molecule has 0 fully saturated rings. The second-order valence-electron chi connectivity index (χ2n) is 6.12. The molecule has 0 unspecified atom stereocenters. The minimum Gasteiger partial charge on any atom is -0.457 e. The van der Waals surface area contributed by atoms with Crippen LogP contribution < -0.4 is 10.6 Å². The summed E-state index contributed by atoms with van der Waals surface area (Å²) < 4.78 is 5.71. The van der Waals surface area contributed by atoms with Crippen molar-refractivity contribution in [1.29, 1.82) is 0 Å². The second kappa shape index (κ2) is 9.32. The summed E-state index contributed by atoms with van der Waals surface area (Å²) in [7, 11) is 0. The topological polar surface area (TPSA) is 71.3 Å². The molecule has 3 aromatic rings. The molecule has 29 heavy (non-hydrogen) atoms. The Balaban J connectivity index is 1.57. The average molecular weight is 425 g/mol. The molecule has 0 aliphatic heterocycles. The van der Waals surface area contributed by atoms with Gasteiger partial charge in [0.05, 0.1) is 0 Å². The van der Waals surface area contributed by atoms with Gasteiger partial charge in [-0.25, -0.2) is 0 Å². The van der Waals surface area contributed by atoms with Crippen LogP contribution in [-0.4, -0.2) is 16.8 Å². The Bertz CT molecular complexity index is 1090. The molecule has 0 aliphatic rings. The van der Waals surface area contributed by atoms with Crippen LogP contribution in [0.5, 0.6) is 0 Å². The molecule has 0 saturated carbocycles. The molecule has 0 radical (unpaired) electrons. The van der Waals surface area contributed by atoms with E-state index in [4.69, 9.17) is 28.2 Å². The number of carbonyl (C=O) groups excluding carboxylic acids is 2. The Morgan fingerprint density at radius 3 is 2.55 bits per heavy atom. The van der Waals surface area contributed by atoms with Crippen LogP contribution in [0.1, 0.15) is 23.0 Å². The van der Waals surface area contributed by atoms with E-state index in [2.05, 4.69) is 10.6 Å². The first-order valence-electron chi connectivity index (χ1n) is 8.67. The number of benzene rings is 2. The number of Topliss-reactive ketones (excluding diaryl/α,β-unsaturated/α-hetero) is 1. The smallest absolute Gasteiger partial charge is 0.250 e. The van der Waals surface area contributed by atoms with Crippen molar-refractivity contribution in [2.45, 2.75) is 6.92 Å². The number of hydrogen-bond acceptors (Lipinski definition) is 4. The number of halogens is 1. The van der Waals surface area contributed by atoms with E-state index < -0.39 is 5.91 Å². The lowest BCUT2D eigenvalue weighted by molar-refractivity contribution is -0.115. The number of amides is 1. The minimum absolute atomic E-state index is 0.0528. The van der Waals surface area contributed by atoms with Gasteiger partial charge in [0.25, 0.3) is 0 Å². The van der Waals surface area contributed by atoms with Gasteiger partial charge in [0.15, 0.2) is 10.9 Å². The lowest BCUT2D eigenvalue weighted by atomic mass is 10.1. The third-order valence-corrected chi connectivity index (χ3v) is 4.37. The van der Waals surface area contributed by atoms with Gasteiger partial charge >= 0.3 is 0 Å². The van der Waals surface area contributed by atoms with Crippen LogP contribution in [0, 0.1) is 0 Å². The van der Waals surface area contributed by atoms with Crippen LogP contribution in [-0.2, 0) is 4.79 Å². The molecule has 1 amide bonds. The third kappa shape index (κ3) is 5.88. The van der Waals surface area contributed by atoms with Crippen LogP contribution in [0.15, 0.2) is 71.2 Å². The van der Waals surface area contributed by atoms with Crippen molar-refractivity contribution in [1.82, 2.24) is 5.32 Å². The van der Waals surface area contributed by atoms with Gasteiger partial charge in [-0.1, -0.05) is 23.7 Å². The first-order valence-corrected chi connectivity index (χ1v) is 9.46. The fourth-order valence-corrected chi connectivity index (χ4v) is 2.85. The molecule has 5 nitrogen and oxygen atoms in total. The maximum atomic E-state index is 12.1. The maximum Gasteiger partial charge on any atom is 0.250 e. The SMILES string of the molecule is CC(=O)c1cccc(NC(=S)NC(=O)C=Cc2ccc(-c3ccc(Cl)cc3)o2)c1. The average Bonchev–Trinajstić information content (AvgIpc) is 3.16. The fraction of sp³-hybridized carbons (Fsp3) is 0.0455. The molecule has 146 valence electrons. The van der Waals surface area contributed by atoms with Crippen molar-refractivity contribution in [3.05, 3.63) is 83.1 Å². The third-order valence-electron chi connectivity index (χ3n) is 3.92. The molecule has 0 saturated heterocycles. The zero-order valence-corrected chi connectivity index (χ0v) is 17.0. The highest BCUT2D eigenvalue weighted by Gasteiger charge is 2.06. The maximum absolute atomic E-state index is 12.1. The predicted molar refractivity (Wildman–Crippen MR) is 119 cm³/mol. The van der Waals surface area contributed by atoms with Gasteiger partial charge in [0, 0.05) is 27.9 Å². The number of furan rings is 1. The summed E-state index contributed by atoms with van der Waals surface area (Å²) in [4.78, 5) is 23.5. The zero-order chi connectivity index (χ0) is 20.8. The molecule has 1 heterocycles. The number of rotatable bonds is 5. The molecule has 0 atom stereocenters. The Morgan fingerprint density at radius 1 is 1.07 bits per heavy atom. The number of anilines is 1. The number of nitrogens with one attached hydrogen (secondary N) is 2. The first-order chi connectivity index (χ1) is 13.9. The summed E-state index contributed by atoms with van der Waals surface area (Å²) in [6.45, 7) is 1.48. The van der Waals surface area contributed by atoms with E-state index in [1.165, 1.54) is 13.0 Å². The van der Waals surface area contributed by atoms with Crippen molar-refractivity contribution in [3.63, 3.8) is 0 Å². The Morgan fingerprint density at radius 2 is 1.83 bits per heavy atom. The number of hydrogen-bond donors (Lipinski definition) is 2. The molecule has 3 rings (SSSR count). The van der Waals surface area contributed by atoms with Gasteiger partial charge in [0.1, 0.15) is 11.5 Å². The number of ketones is 1. The van der Waals surface area contributed by atoms with Gasteiger partial charge in [0.2, 0.25) is 5.91 Å². The minimum atomic E-state index is -0.408. The predicted octanol–water partition coefficient (Wildman–Crippen LogP) is 5.33. The van der Waals surface area contributed by atoms with Crippen LogP contribution in [0.3, 0.4) is 0 Å². The van der Waals surface area contributed by atoms with Crippen molar-refractivity contribution in [3.8, 4) is 11.3 Å². The highest BCUT2D eigenvalue weighted by atomic mass is 35.5. The summed E-state index contributed by atoms with van der Waals surface area (Å²) >= 11 is 11.0. The van der Waals surface area contributed by atoms with Crippen molar-refractivity contribution in [2.24, 2.45) is 0 Å². The molecule has 7 heteroatoms. The van der Waals surface area contributed by atoms with Crippen LogP contribution in [0.2, 0.25) is 5.02 Å². The molecular formula is C22H17ClN2O3S. The monoisotopic (exact) mass is 424 g/mol. The molecule has 2 N–H and O–H groups in total. The fourth-order valence-electron chi connectivity index (χ4n) is 2.50. The quantitative estimate of drug-likeness (QED) is 0.329. The van der Waals surface area contributed by atoms with Crippen molar-refractivity contribution in [2.75, 3.05) is 5.32 Å². The van der Waals surface area contributed by atoms with E-state index in [-0.39, 0.29) is 10.9 Å². The van der Waals surface area contributed by atoms with Crippen molar-refractivity contribution >= 4 is 52.4 Å². The van der Waals surface area contributed by atoms with E-state index >= 15 is 0 Å². The largest absolute Gasteiger partial charge is 0.457 e. The summed E-state index contributed by atoms with van der Waals surface area (Å²) in [6, 6.07) is 17.7.